The predicted octanol–water partition coefficient (Wildman–Crippen LogP) is 2.95. The molecule has 1 saturated carbocycles. The Morgan fingerprint density at radius 3 is 2.53 bits per heavy atom. The van der Waals surface area contributed by atoms with Gasteiger partial charge in [-0.15, -0.1) is 0 Å². The van der Waals surface area contributed by atoms with E-state index in [-0.39, 0.29) is 0 Å². The second-order valence-corrected chi connectivity index (χ2v) is 5.46. The van der Waals surface area contributed by atoms with Crippen molar-refractivity contribution in [2.45, 2.75) is 51.0 Å². The minimum atomic E-state index is 0.346. The van der Waals surface area contributed by atoms with E-state index in [0.717, 1.165) is 24.7 Å². The molecular formula is C12H20BrNO. The van der Waals surface area contributed by atoms with E-state index < -0.39 is 0 Å². The molecule has 2 aliphatic rings. The summed E-state index contributed by atoms with van der Waals surface area (Å²) < 4.78 is 0. The number of alkyl halides is 1. The maximum atomic E-state index is 12.3. The molecule has 0 radical (unpaired) electrons. The van der Waals surface area contributed by atoms with E-state index in [0.29, 0.717) is 17.9 Å². The molecule has 1 amide bonds. The zero-order chi connectivity index (χ0) is 10.7. The Hall–Kier alpha value is -0.0500. The largest absolute Gasteiger partial charge is 0.339 e. The Morgan fingerprint density at radius 2 is 1.87 bits per heavy atom. The van der Waals surface area contributed by atoms with Crippen molar-refractivity contribution >= 4 is 21.8 Å². The van der Waals surface area contributed by atoms with Crippen LogP contribution < -0.4 is 0 Å². The Balaban J connectivity index is 1.93. The fourth-order valence-electron chi connectivity index (χ4n) is 2.87. The molecule has 1 heterocycles. The number of carbonyl (C=O) groups excluding carboxylic acids is 1. The van der Waals surface area contributed by atoms with E-state index in [4.69, 9.17) is 0 Å². The first-order valence-corrected chi connectivity index (χ1v) is 7.31. The zero-order valence-electron chi connectivity index (χ0n) is 9.25. The Labute approximate surface area is 101 Å². The Morgan fingerprint density at radius 1 is 1.13 bits per heavy atom. The van der Waals surface area contributed by atoms with Crippen LogP contribution in [0.25, 0.3) is 0 Å². The van der Waals surface area contributed by atoms with Gasteiger partial charge in [-0.1, -0.05) is 35.2 Å². The molecule has 86 valence electrons. The van der Waals surface area contributed by atoms with Crippen LogP contribution in [0.3, 0.4) is 0 Å². The first-order valence-electron chi connectivity index (χ1n) is 6.19. The molecule has 3 heteroatoms. The third-order valence-corrected chi connectivity index (χ3v) is 4.54. The van der Waals surface area contributed by atoms with Crippen molar-refractivity contribution in [3.63, 3.8) is 0 Å². The van der Waals surface area contributed by atoms with Gasteiger partial charge >= 0.3 is 0 Å². The van der Waals surface area contributed by atoms with Crippen molar-refractivity contribution in [1.29, 1.82) is 0 Å². The third-order valence-electron chi connectivity index (χ3n) is 3.79. The van der Waals surface area contributed by atoms with Crippen molar-refractivity contribution in [2.24, 2.45) is 5.92 Å². The fraction of sp³-hybridized carbons (Fsp3) is 0.917. The number of carbonyl (C=O) groups is 1. The molecule has 15 heavy (non-hydrogen) atoms. The van der Waals surface area contributed by atoms with Gasteiger partial charge in [0.1, 0.15) is 0 Å². The molecule has 0 N–H and O–H groups in total. The maximum absolute atomic E-state index is 12.3. The van der Waals surface area contributed by atoms with E-state index in [1.54, 1.807) is 0 Å². The number of likely N-dealkylation sites (tertiary alicyclic amines) is 1. The van der Waals surface area contributed by atoms with Gasteiger partial charge in [0.05, 0.1) is 0 Å². The van der Waals surface area contributed by atoms with Crippen molar-refractivity contribution < 1.29 is 4.79 Å². The van der Waals surface area contributed by atoms with Crippen LogP contribution in [0.4, 0.5) is 0 Å². The predicted molar refractivity (Wildman–Crippen MR) is 65.1 cm³/mol. The van der Waals surface area contributed by atoms with Gasteiger partial charge in [-0.3, -0.25) is 4.79 Å². The highest BCUT2D eigenvalue weighted by molar-refractivity contribution is 9.09. The summed E-state index contributed by atoms with van der Waals surface area (Å²) in [6.07, 6.45) is 8.46. The van der Waals surface area contributed by atoms with Crippen molar-refractivity contribution in [1.82, 2.24) is 4.90 Å². The smallest absolute Gasteiger partial charge is 0.225 e. The number of rotatable bonds is 2. The topological polar surface area (TPSA) is 20.3 Å². The average molecular weight is 274 g/mol. The first-order chi connectivity index (χ1) is 7.33. The van der Waals surface area contributed by atoms with Gasteiger partial charge in [-0.05, 0) is 25.7 Å². The summed E-state index contributed by atoms with van der Waals surface area (Å²) in [5, 5.41) is 0.950. The summed E-state index contributed by atoms with van der Waals surface area (Å²) in [5.74, 6) is 0.787. The van der Waals surface area contributed by atoms with Crippen LogP contribution in [-0.4, -0.2) is 28.7 Å². The molecule has 2 rings (SSSR count). The quantitative estimate of drug-likeness (QED) is 0.709. The van der Waals surface area contributed by atoms with E-state index >= 15 is 0 Å². The SMILES string of the molecule is O=C(C1CCCCC1)N1CCCC1CBr. The van der Waals surface area contributed by atoms with Crippen LogP contribution in [0.1, 0.15) is 44.9 Å². The molecule has 1 aliphatic carbocycles. The molecule has 1 atom stereocenters. The third kappa shape index (κ3) is 2.55. The van der Waals surface area contributed by atoms with Crippen LogP contribution in [0.15, 0.2) is 0 Å². The monoisotopic (exact) mass is 273 g/mol. The summed E-state index contributed by atoms with van der Waals surface area (Å²) >= 11 is 3.52. The molecule has 2 nitrogen and oxygen atoms in total. The summed E-state index contributed by atoms with van der Waals surface area (Å²) in [6, 6.07) is 0.472. The highest BCUT2D eigenvalue weighted by Gasteiger charge is 2.32. The maximum Gasteiger partial charge on any atom is 0.225 e. The fourth-order valence-corrected chi connectivity index (χ4v) is 3.54. The molecule has 0 bridgehead atoms. The number of halogens is 1. The molecule has 2 fully saturated rings. The second-order valence-electron chi connectivity index (χ2n) is 4.82. The minimum absolute atomic E-state index is 0.346. The number of amides is 1. The number of hydrogen-bond donors (Lipinski definition) is 0. The van der Waals surface area contributed by atoms with Crippen molar-refractivity contribution in [2.75, 3.05) is 11.9 Å². The van der Waals surface area contributed by atoms with E-state index in [1.165, 1.54) is 32.1 Å². The van der Waals surface area contributed by atoms with Crippen LogP contribution >= 0.6 is 15.9 Å². The van der Waals surface area contributed by atoms with Crippen LogP contribution in [0, 0.1) is 5.92 Å². The molecule has 0 aromatic heterocycles. The van der Waals surface area contributed by atoms with Gasteiger partial charge in [-0.2, -0.15) is 0 Å². The number of nitrogens with zero attached hydrogens (tertiary/aromatic N) is 1. The lowest BCUT2D eigenvalue weighted by Crippen LogP contribution is -2.41. The summed E-state index contributed by atoms with van der Waals surface area (Å²) in [7, 11) is 0. The standard InChI is InChI=1S/C12H20BrNO/c13-9-11-7-4-8-14(11)12(15)10-5-2-1-3-6-10/h10-11H,1-9H2. The molecule has 1 saturated heterocycles. The summed E-state index contributed by atoms with van der Waals surface area (Å²) in [5.41, 5.74) is 0. The van der Waals surface area contributed by atoms with Crippen LogP contribution in [0.5, 0.6) is 0 Å². The van der Waals surface area contributed by atoms with Gasteiger partial charge in [0.25, 0.3) is 0 Å². The lowest BCUT2D eigenvalue weighted by Gasteiger charge is -2.29. The van der Waals surface area contributed by atoms with Gasteiger partial charge in [-0.25, -0.2) is 0 Å². The average Bonchev–Trinajstić information content (AvgIpc) is 2.77. The Kier molecular flexibility index (Phi) is 4.06. The van der Waals surface area contributed by atoms with Gasteiger partial charge in [0, 0.05) is 23.8 Å². The Bertz CT molecular complexity index is 226. The molecule has 0 aromatic rings. The van der Waals surface area contributed by atoms with Crippen molar-refractivity contribution in [3.8, 4) is 0 Å². The van der Waals surface area contributed by atoms with Gasteiger partial charge < -0.3 is 4.90 Å². The highest BCUT2D eigenvalue weighted by Crippen LogP contribution is 2.29. The van der Waals surface area contributed by atoms with E-state index in [9.17, 15) is 4.79 Å². The van der Waals surface area contributed by atoms with Gasteiger partial charge in [0.15, 0.2) is 0 Å². The lowest BCUT2D eigenvalue weighted by atomic mass is 9.88. The first kappa shape index (κ1) is 11.4. The second kappa shape index (κ2) is 5.33. The van der Waals surface area contributed by atoms with E-state index in [1.807, 2.05) is 0 Å². The zero-order valence-corrected chi connectivity index (χ0v) is 10.8. The van der Waals surface area contributed by atoms with Gasteiger partial charge in [0.2, 0.25) is 5.91 Å². The normalized spacial score (nSPS) is 28.3. The number of hydrogen-bond acceptors (Lipinski definition) is 1. The summed E-state index contributed by atoms with van der Waals surface area (Å²) in [6.45, 7) is 0.992. The molecule has 0 aromatic carbocycles. The summed E-state index contributed by atoms with van der Waals surface area (Å²) in [4.78, 5) is 14.4. The highest BCUT2D eigenvalue weighted by atomic mass is 79.9. The molecule has 1 unspecified atom stereocenters. The lowest BCUT2D eigenvalue weighted by molar-refractivity contribution is -0.137. The van der Waals surface area contributed by atoms with E-state index in [2.05, 4.69) is 20.8 Å². The van der Waals surface area contributed by atoms with Crippen LogP contribution in [-0.2, 0) is 4.79 Å². The molecule has 0 spiro atoms. The molecular weight excluding hydrogens is 254 g/mol. The van der Waals surface area contributed by atoms with Crippen LogP contribution in [0.2, 0.25) is 0 Å². The van der Waals surface area contributed by atoms with Crippen molar-refractivity contribution in [3.05, 3.63) is 0 Å². The minimum Gasteiger partial charge on any atom is -0.339 e. The molecule has 1 aliphatic heterocycles.